The van der Waals surface area contributed by atoms with Gasteiger partial charge in [0.1, 0.15) is 11.6 Å². The number of hydrogen-bond donors (Lipinski definition) is 1. The molecular weight excluding hydrogens is 219 g/mol. The molecule has 3 nitrogen and oxygen atoms in total. The number of benzene rings is 1. The third-order valence-corrected chi connectivity index (χ3v) is 2.34. The van der Waals surface area contributed by atoms with E-state index in [0.29, 0.717) is 18.0 Å². The van der Waals surface area contributed by atoms with Gasteiger partial charge >= 0.3 is 0 Å². The molecule has 2 N–H and O–H groups in total. The van der Waals surface area contributed by atoms with E-state index in [0.717, 1.165) is 12.0 Å². The Morgan fingerprint density at radius 2 is 2.18 bits per heavy atom. The molecular formula is C13H13FN2O. The summed E-state index contributed by atoms with van der Waals surface area (Å²) in [7, 11) is 0. The van der Waals surface area contributed by atoms with Gasteiger partial charge in [0.25, 0.3) is 0 Å². The van der Waals surface area contributed by atoms with Gasteiger partial charge in [-0.2, -0.15) is 0 Å². The summed E-state index contributed by atoms with van der Waals surface area (Å²) in [6.07, 6.45) is 4.25. The van der Waals surface area contributed by atoms with Crippen molar-refractivity contribution < 1.29 is 9.13 Å². The fourth-order valence-electron chi connectivity index (χ4n) is 1.48. The molecule has 4 heteroatoms. The first-order valence-electron chi connectivity index (χ1n) is 5.32. The van der Waals surface area contributed by atoms with Gasteiger partial charge in [0.15, 0.2) is 0 Å². The maximum atomic E-state index is 12.8. The highest BCUT2D eigenvalue weighted by Crippen LogP contribution is 2.21. The summed E-state index contributed by atoms with van der Waals surface area (Å²) in [5.74, 6) is 0.150. The van der Waals surface area contributed by atoms with Gasteiger partial charge in [-0.1, -0.05) is 6.07 Å². The molecule has 1 aromatic carbocycles. The molecule has 1 heterocycles. The van der Waals surface area contributed by atoms with Crippen molar-refractivity contribution in [1.82, 2.24) is 4.98 Å². The quantitative estimate of drug-likeness (QED) is 0.823. The van der Waals surface area contributed by atoms with Crippen molar-refractivity contribution in [3.05, 3.63) is 54.1 Å². The molecule has 0 bridgehead atoms. The van der Waals surface area contributed by atoms with E-state index in [1.807, 2.05) is 12.1 Å². The van der Waals surface area contributed by atoms with Crippen LogP contribution in [0.4, 0.5) is 10.1 Å². The van der Waals surface area contributed by atoms with Gasteiger partial charge < -0.3 is 10.5 Å². The Hall–Kier alpha value is -2.10. The minimum absolute atomic E-state index is 0.316. The maximum absolute atomic E-state index is 12.8. The summed E-state index contributed by atoms with van der Waals surface area (Å²) in [6, 6.07) is 7.97. The van der Waals surface area contributed by atoms with Crippen molar-refractivity contribution in [3.63, 3.8) is 0 Å². The minimum Gasteiger partial charge on any atom is -0.491 e. The number of pyridine rings is 1. The number of ether oxygens (including phenoxy) is 1. The van der Waals surface area contributed by atoms with Crippen LogP contribution in [-0.2, 0) is 6.42 Å². The van der Waals surface area contributed by atoms with Gasteiger partial charge in [-0.15, -0.1) is 0 Å². The first kappa shape index (κ1) is 11.4. The van der Waals surface area contributed by atoms with Crippen LogP contribution < -0.4 is 10.5 Å². The topological polar surface area (TPSA) is 48.1 Å². The van der Waals surface area contributed by atoms with E-state index in [9.17, 15) is 4.39 Å². The second kappa shape index (κ2) is 5.30. The van der Waals surface area contributed by atoms with Gasteiger partial charge in [-0.05, 0) is 23.8 Å². The average molecular weight is 232 g/mol. The molecule has 0 atom stereocenters. The molecule has 0 saturated heterocycles. The summed E-state index contributed by atoms with van der Waals surface area (Å²) >= 11 is 0. The summed E-state index contributed by atoms with van der Waals surface area (Å²) in [5.41, 5.74) is 7.03. The maximum Gasteiger partial charge on any atom is 0.142 e. The number of nitrogens with zero attached hydrogens (tertiary/aromatic N) is 1. The van der Waals surface area contributed by atoms with Crippen LogP contribution >= 0.6 is 0 Å². The standard InChI is InChI=1S/C13H13FN2O/c14-11-3-4-13(12(15)8-11)17-7-5-10-2-1-6-16-9-10/h1-4,6,8-9H,5,7,15H2. The van der Waals surface area contributed by atoms with Gasteiger partial charge in [-0.25, -0.2) is 4.39 Å². The predicted octanol–water partition coefficient (Wildman–Crippen LogP) is 2.42. The molecule has 0 saturated carbocycles. The van der Waals surface area contributed by atoms with Gasteiger partial charge in [0.05, 0.1) is 12.3 Å². The zero-order valence-electron chi connectivity index (χ0n) is 9.27. The van der Waals surface area contributed by atoms with Crippen LogP contribution in [0.3, 0.4) is 0 Å². The molecule has 0 aliphatic heterocycles. The van der Waals surface area contributed by atoms with Gasteiger partial charge in [-0.3, -0.25) is 4.98 Å². The summed E-state index contributed by atoms with van der Waals surface area (Å²) in [6.45, 7) is 0.488. The van der Waals surface area contributed by atoms with Crippen LogP contribution in [0.5, 0.6) is 5.75 Å². The molecule has 0 radical (unpaired) electrons. The highest BCUT2D eigenvalue weighted by atomic mass is 19.1. The molecule has 1 aromatic heterocycles. The first-order valence-corrected chi connectivity index (χ1v) is 5.32. The third kappa shape index (κ3) is 3.17. The predicted molar refractivity (Wildman–Crippen MR) is 64.2 cm³/mol. The van der Waals surface area contributed by atoms with E-state index in [2.05, 4.69) is 4.98 Å². The molecule has 0 aliphatic rings. The van der Waals surface area contributed by atoms with Gasteiger partial charge in [0.2, 0.25) is 0 Å². The second-order valence-corrected chi connectivity index (χ2v) is 3.64. The Labute approximate surface area is 99.1 Å². The lowest BCUT2D eigenvalue weighted by Crippen LogP contribution is -2.03. The molecule has 88 valence electrons. The number of nitrogens with two attached hydrogens (primary N) is 1. The number of aromatic nitrogens is 1. The number of anilines is 1. The van der Waals surface area contributed by atoms with Crippen LogP contribution in [0.2, 0.25) is 0 Å². The third-order valence-electron chi connectivity index (χ3n) is 2.34. The van der Waals surface area contributed by atoms with Crippen LogP contribution in [0.15, 0.2) is 42.7 Å². The molecule has 0 unspecified atom stereocenters. The number of halogens is 1. The smallest absolute Gasteiger partial charge is 0.142 e. The zero-order chi connectivity index (χ0) is 12.1. The lowest BCUT2D eigenvalue weighted by atomic mass is 10.2. The van der Waals surface area contributed by atoms with Gasteiger partial charge in [0, 0.05) is 24.9 Å². The van der Waals surface area contributed by atoms with Crippen molar-refractivity contribution in [2.75, 3.05) is 12.3 Å². The van der Waals surface area contributed by atoms with Crippen molar-refractivity contribution in [3.8, 4) is 5.75 Å². The summed E-state index contributed by atoms with van der Waals surface area (Å²) in [5, 5.41) is 0. The normalized spacial score (nSPS) is 10.2. The first-order chi connectivity index (χ1) is 8.25. The molecule has 0 fully saturated rings. The highest BCUT2D eigenvalue weighted by Gasteiger charge is 2.01. The molecule has 2 aromatic rings. The number of nitrogen functional groups attached to an aromatic ring is 1. The SMILES string of the molecule is Nc1cc(F)ccc1OCCc1cccnc1. The largest absolute Gasteiger partial charge is 0.491 e. The van der Waals surface area contributed by atoms with E-state index >= 15 is 0 Å². The van der Waals surface area contributed by atoms with E-state index < -0.39 is 0 Å². The number of hydrogen-bond acceptors (Lipinski definition) is 3. The Morgan fingerprint density at radius 1 is 1.29 bits per heavy atom. The van der Waals surface area contributed by atoms with Crippen molar-refractivity contribution in [2.24, 2.45) is 0 Å². The lowest BCUT2D eigenvalue weighted by molar-refractivity contribution is 0.323. The van der Waals surface area contributed by atoms with E-state index in [1.54, 1.807) is 12.4 Å². The fourth-order valence-corrected chi connectivity index (χ4v) is 1.48. The lowest BCUT2D eigenvalue weighted by Gasteiger charge is -2.08. The minimum atomic E-state index is -0.359. The Balaban J connectivity index is 1.90. The summed E-state index contributed by atoms with van der Waals surface area (Å²) in [4.78, 5) is 4.01. The van der Waals surface area contributed by atoms with Crippen molar-refractivity contribution in [2.45, 2.75) is 6.42 Å². The average Bonchev–Trinajstić information content (AvgIpc) is 2.33. The second-order valence-electron chi connectivity index (χ2n) is 3.64. The fraction of sp³-hybridized carbons (Fsp3) is 0.154. The highest BCUT2D eigenvalue weighted by molar-refractivity contribution is 5.52. The van der Waals surface area contributed by atoms with Crippen LogP contribution in [0, 0.1) is 5.82 Å². The van der Waals surface area contributed by atoms with Crippen molar-refractivity contribution in [1.29, 1.82) is 0 Å². The van der Waals surface area contributed by atoms with Crippen LogP contribution in [-0.4, -0.2) is 11.6 Å². The Kier molecular flexibility index (Phi) is 3.55. The van der Waals surface area contributed by atoms with E-state index in [-0.39, 0.29) is 5.82 Å². The molecule has 0 spiro atoms. The van der Waals surface area contributed by atoms with Crippen LogP contribution in [0.1, 0.15) is 5.56 Å². The monoisotopic (exact) mass is 232 g/mol. The van der Waals surface area contributed by atoms with E-state index in [1.165, 1.54) is 18.2 Å². The summed E-state index contributed by atoms with van der Waals surface area (Å²) < 4.78 is 18.3. The molecule has 17 heavy (non-hydrogen) atoms. The Morgan fingerprint density at radius 3 is 2.88 bits per heavy atom. The van der Waals surface area contributed by atoms with Crippen molar-refractivity contribution >= 4 is 5.69 Å². The molecule has 0 aliphatic carbocycles. The molecule has 2 rings (SSSR count). The molecule has 0 amide bonds. The zero-order valence-corrected chi connectivity index (χ0v) is 9.27. The van der Waals surface area contributed by atoms with Crippen LogP contribution in [0.25, 0.3) is 0 Å². The Bertz CT molecular complexity index is 488. The van der Waals surface area contributed by atoms with E-state index in [4.69, 9.17) is 10.5 Å². The number of rotatable bonds is 4.